The first-order valence-electron chi connectivity index (χ1n) is 9.92. The van der Waals surface area contributed by atoms with Gasteiger partial charge in [-0.2, -0.15) is 0 Å². The second kappa shape index (κ2) is 7.89. The van der Waals surface area contributed by atoms with Gasteiger partial charge in [0.05, 0.1) is 18.2 Å². The Kier molecular flexibility index (Phi) is 5.34. The zero-order valence-electron chi connectivity index (χ0n) is 15.9. The normalized spacial score (nSPS) is 24.0. The van der Waals surface area contributed by atoms with E-state index in [-0.39, 0.29) is 12.0 Å². The lowest BCUT2D eigenvalue weighted by Crippen LogP contribution is -2.47. The maximum Gasteiger partial charge on any atom is 0.226 e. The molecule has 4 rings (SSSR count). The molecule has 0 spiro atoms. The van der Waals surface area contributed by atoms with E-state index >= 15 is 0 Å². The molecule has 1 amide bonds. The predicted octanol–water partition coefficient (Wildman–Crippen LogP) is 2.90. The van der Waals surface area contributed by atoms with Gasteiger partial charge in [0, 0.05) is 38.2 Å². The Hall–Kier alpha value is -2.08. The highest BCUT2D eigenvalue weighted by molar-refractivity contribution is 6.03. The van der Waals surface area contributed by atoms with E-state index in [4.69, 9.17) is 14.3 Å². The molecule has 1 atom stereocenters. The van der Waals surface area contributed by atoms with Crippen molar-refractivity contribution in [1.82, 2.24) is 5.32 Å². The molecule has 2 heterocycles. The molecule has 1 N–H and O–H groups in total. The Morgan fingerprint density at radius 2 is 2.07 bits per heavy atom. The number of carbonyl (C=O) groups is 1. The number of carbonyl (C=O) groups excluding carboxylic acids is 1. The molecule has 1 saturated heterocycles. The summed E-state index contributed by atoms with van der Waals surface area (Å²) in [6, 6.07) is 7.84. The van der Waals surface area contributed by atoms with Crippen LogP contribution in [-0.2, 0) is 14.4 Å². The molecule has 0 bridgehead atoms. The fraction of sp³-hybridized carbons (Fsp3) is 0.619. The summed E-state index contributed by atoms with van der Waals surface area (Å²) in [6.45, 7) is 2.06. The van der Waals surface area contributed by atoms with Gasteiger partial charge in [-0.25, -0.2) is 0 Å². The van der Waals surface area contributed by atoms with Gasteiger partial charge in [-0.1, -0.05) is 17.3 Å². The van der Waals surface area contributed by atoms with Gasteiger partial charge in [-0.15, -0.1) is 0 Å². The van der Waals surface area contributed by atoms with Crippen molar-refractivity contribution in [3.8, 4) is 5.75 Å². The van der Waals surface area contributed by atoms with Crippen LogP contribution in [0.25, 0.3) is 0 Å². The third-order valence-electron chi connectivity index (χ3n) is 5.95. The number of methoxy groups -OCH3 is 1. The van der Waals surface area contributed by atoms with Crippen LogP contribution in [0.3, 0.4) is 0 Å². The smallest absolute Gasteiger partial charge is 0.226 e. The lowest BCUT2D eigenvalue weighted by molar-refractivity contribution is -0.140. The number of para-hydroxylation sites is 1. The molecule has 0 radical (unpaired) electrons. The molecule has 0 unspecified atom stereocenters. The largest absolute Gasteiger partial charge is 0.496 e. The van der Waals surface area contributed by atoms with Crippen LogP contribution in [0.15, 0.2) is 29.4 Å². The molecule has 1 saturated carbocycles. The highest BCUT2D eigenvalue weighted by atomic mass is 16.6. The molecule has 6 nitrogen and oxygen atoms in total. The Labute approximate surface area is 160 Å². The second-order valence-electron chi connectivity index (χ2n) is 7.92. The SMILES string of the molecule is COc1ccccc1C1=NO[C@@H](CC2(C(=O)NCC3CC3)CCOCC2)C1. The van der Waals surface area contributed by atoms with Crippen LogP contribution in [0.1, 0.15) is 44.1 Å². The van der Waals surface area contributed by atoms with E-state index in [1.807, 2.05) is 24.3 Å². The molecule has 27 heavy (non-hydrogen) atoms. The van der Waals surface area contributed by atoms with E-state index in [9.17, 15) is 4.79 Å². The highest BCUT2D eigenvalue weighted by Gasteiger charge is 2.44. The molecule has 146 valence electrons. The van der Waals surface area contributed by atoms with Crippen molar-refractivity contribution in [3.63, 3.8) is 0 Å². The van der Waals surface area contributed by atoms with Crippen LogP contribution in [0.4, 0.5) is 0 Å². The molecular formula is C21H28N2O4. The zero-order chi connectivity index (χ0) is 18.7. The van der Waals surface area contributed by atoms with Crippen molar-refractivity contribution in [3.05, 3.63) is 29.8 Å². The number of oxime groups is 1. The maximum absolute atomic E-state index is 13.0. The van der Waals surface area contributed by atoms with E-state index in [0.29, 0.717) is 32.0 Å². The van der Waals surface area contributed by atoms with Gasteiger partial charge in [0.15, 0.2) is 0 Å². The highest BCUT2D eigenvalue weighted by Crippen LogP contribution is 2.39. The number of nitrogens with one attached hydrogen (secondary N) is 1. The average molecular weight is 372 g/mol. The number of benzene rings is 1. The van der Waals surface area contributed by atoms with Crippen molar-refractivity contribution >= 4 is 11.6 Å². The molecule has 1 aromatic carbocycles. The minimum absolute atomic E-state index is 0.0883. The minimum atomic E-state index is -0.413. The van der Waals surface area contributed by atoms with Crippen molar-refractivity contribution in [1.29, 1.82) is 0 Å². The Balaban J connectivity index is 1.42. The topological polar surface area (TPSA) is 69.2 Å². The molecule has 2 fully saturated rings. The second-order valence-corrected chi connectivity index (χ2v) is 7.92. The van der Waals surface area contributed by atoms with Gasteiger partial charge in [0.25, 0.3) is 0 Å². The number of rotatable bonds is 7. The van der Waals surface area contributed by atoms with Gasteiger partial charge >= 0.3 is 0 Å². The van der Waals surface area contributed by atoms with Crippen LogP contribution in [0.2, 0.25) is 0 Å². The molecule has 1 aromatic rings. The van der Waals surface area contributed by atoms with E-state index in [1.165, 1.54) is 12.8 Å². The third-order valence-corrected chi connectivity index (χ3v) is 5.95. The van der Waals surface area contributed by atoms with E-state index in [0.717, 1.165) is 36.4 Å². The summed E-state index contributed by atoms with van der Waals surface area (Å²) in [5.41, 5.74) is 1.43. The number of hydrogen-bond acceptors (Lipinski definition) is 5. The molecular weight excluding hydrogens is 344 g/mol. The maximum atomic E-state index is 13.0. The first-order valence-corrected chi connectivity index (χ1v) is 9.92. The summed E-state index contributed by atoms with van der Waals surface area (Å²) in [4.78, 5) is 18.8. The summed E-state index contributed by atoms with van der Waals surface area (Å²) >= 11 is 0. The summed E-state index contributed by atoms with van der Waals surface area (Å²) < 4.78 is 11.0. The first-order chi connectivity index (χ1) is 13.2. The quantitative estimate of drug-likeness (QED) is 0.799. The molecule has 3 aliphatic rings. The summed E-state index contributed by atoms with van der Waals surface area (Å²) in [5, 5.41) is 7.49. The third kappa shape index (κ3) is 4.10. The summed E-state index contributed by atoms with van der Waals surface area (Å²) in [7, 11) is 1.66. The number of amides is 1. The fourth-order valence-corrected chi connectivity index (χ4v) is 4.05. The van der Waals surface area contributed by atoms with Crippen molar-refractivity contribution < 1.29 is 19.1 Å². The van der Waals surface area contributed by atoms with Crippen molar-refractivity contribution in [2.45, 2.75) is 44.6 Å². The number of hydrogen-bond donors (Lipinski definition) is 1. The van der Waals surface area contributed by atoms with E-state index in [2.05, 4.69) is 10.5 Å². The van der Waals surface area contributed by atoms with Crippen LogP contribution in [0, 0.1) is 11.3 Å². The van der Waals surface area contributed by atoms with Crippen molar-refractivity contribution in [2.75, 3.05) is 26.9 Å². The summed E-state index contributed by atoms with van der Waals surface area (Å²) in [5.74, 6) is 1.63. The molecule has 1 aliphatic carbocycles. The van der Waals surface area contributed by atoms with Crippen LogP contribution >= 0.6 is 0 Å². The van der Waals surface area contributed by atoms with Gasteiger partial charge < -0.3 is 19.6 Å². The first kappa shape index (κ1) is 18.3. The van der Waals surface area contributed by atoms with Crippen LogP contribution in [0.5, 0.6) is 5.75 Å². The average Bonchev–Trinajstić information content (AvgIpc) is 3.44. The van der Waals surface area contributed by atoms with E-state index < -0.39 is 5.41 Å². The molecule has 6 heteroatoms. The van der Waals surface area contributed by atoms with Gasteiger partial charge in [-0.05, 0) is 43.7 Å². The Morgan fingerprint density at radius 1 is 1.30 bits per heavy atom. The number of nitrogens with zero attached hydrogens (tertiary/aromatic N) is 1. The van der Waals surface area contributed by atoms with Crippen molar-refractivity contribution in [2.24, 2.45) is 16.5 Å². The number of ether oxygens (including phenoxy) is 2. The Bertz CT molecular complexity index is 708. The molecule has 2 aliphatic heterocycles. The fourth-order valence-electron chi connectivity index (χ4n) is 4.05. The van der Waals surface area contributed by atoms with Gasteiger partial charge in [0.1, 0.15) is 11.9 Å². The van der Waals surface area contributed by atoms with Gasteiger partial charge in [-0.3, -0.25) is 4.79 Å². The van der Waals surface area contributed by atoms with E-state index in [1.54, 1.807) is 7.11 Å². The monoisotopic (exact) mass is 372 g/mol. The van der Waals surface area contributed by atoms with Gasteiger partial charge in [0.2, 0.25) is 5.91 Å². The lowest BCUT2D eigenvalue weighted by Gasteiger charge is -2.37. The zero-order valence-corrected chi connectivity index (χ0v) is 15.9. The van der Waals surface area contributed by atoms with Crippen LogP contribution < -0.4 is 10.1 Å². The Morgan fingerprint density at radius 3 is 2.81 bits per heavy atom. The standard InChI is InChI=1S/C21H28N2O4/c1-25-19-5-3-2-4-17(19)18-12-16(27-23-18)13-21(8-10-26-11-9-21)20(24)22-14-15-6-7-15/h2-5,15-16H,6-14H2,1H3,(H,22,24)/t16-/m1/s1. The minimum Gasteiger partial charge on any atom is -0.496 e. The van der Waals surface area contributed by atoms with Crippen LogP contribution in [-0.4, -0.2) is 44.6 Å². The summed E-state index contributed by atoms with van der Waals surface area (Å²) in [6.07, 6.45) is 5.24. The lowest BCUT2D eigenvalue weighted by atomic mass is 9.74. The molecule has 0 aromatic heterocycles. The predicted molar refractivity (Wildman–Crippen MR) is 102 cm³/mol.